The molecule has 0 aromatic carbocycles. The number of Topliss-reactive ketones (excluding diaryl/α,β-unsaturated/α-hetero) is 1. The second-order valence-electron chi connectivity index (χ2n) is 3.72. The summed E-state index contributed by atoms with van der Waals surface area (Å²) in [7, 11) is 1.83. The number of rotatable bonds is 7. The van der Waals surface area contributed by atoms with Gasteiger partial charge in [0.2, 0.25) is 5.91 Å². The molecule has 4 heteroatoms. The molecule has 3 nitrogen and oxygen atoms in total. The van der Waals surface area contributed by atoms with Crippen molar-refractivity contribution < 1.29 is 9.59 Å². The summed E-state index contributed by atoms with van der Waals surface area (Å²) < 4.78 is 0. The molecule has 0 heterocycles. The van der Waals surface area contributed by atoms with Crippen LogP contribution in [0.3, 0.4) is 0 Å². The number of carbonyl (C=O) groups is 2. The number of thioether (sulfide) groups is 1. The van der Waals surface area contributed by atoms with Gasteiger partial charge in [-0.05, 0) is 19.6 Å². The maximum atomic E-state index is 11.7. The Balaban J connectivity index is 4.09. The minimum absolute atomic E-state index is 0.0751. The molecule has 88 valence electrons. The quantitative estimate of drug-likeness (QED) is 0.672. The maximum absolute atomic E-state index is 11.7. The Bertz CT molecular complexity index is 219. The average molecular weight is 231 g/mol. The van der Waals surface area contributed by atoms with Crippen LogP contribution in [-0.4, -0.2) is 41.7 Å². The molecule has 0 aromatic heterocycles. The molecule has 1 amide bonds. The first-order valence-corrected chi connectivity index (χ1v) is 6.66. The van der Waals surface area contributed by atoms with Gasteiger partial charge in [0.25, 0.3) is 0 Å². The number of hydrogen-bond acceptors (Lipinski definition) is 3. The van der Waals surface area contributed by atoms with Crippen LogP contribution in [-0.2, 0) is 9.59 Å². The van der Waals surface area contributed by atoms with E-state index in [9.17, 15) is 9.59 Å². The van der Waals surface area contributed by atoms with Crippen molar-refractivity contribution >= 4 is 23.5 Å². The molecule has 0 bridgehead atoms. The van der Waals surface area contributed by atoms with Gasteiger partial charge >= 0.3 is 0 Å². The largest absolute Gasteiger partial charge is 0.342 e. The zero-order valence-corrected chi connectivity index (χ0v) is 10.9. The average Bonchev–Trinajstić information content (AvgIpc) is 2.21. The fraction of sp³-hybridized carbons (Fsp3) is 0.818. The highest BCUT2D eigenvalue weighted by molar-refractivity contribution is 7.98. The van der Waals surface area contributed by atoms with E-state index >= 15 is 0 Å². The molecule has 0 fully saturated rings. The van der Waals surface area contributed by atoms with Crippen molar-refractivity contribution in [2.75, 3.05) is 19.1 Å². The number of carbonyl (C=O) groups excluding carboxylic acids is 2. The lowest BCUT2D eigenvalue weighted by atomic mass is 10.2. The first kappa shape index (κ1) is 14.5. The molecule has 1 atom stereocenters. The van der Waals surface area contributed by atoms with E-state index in [-0.39, 0.29) is 11.7 Å². The van der Waals surface area contributed by atoms with Crippen LogP contribution in [0.25, 0.3) is 0 Å². The molecule has 0 aliphatic rings. The molecule has 0 N–H and O–H groups in total. The van der Waals surface area contributed by atoms with Crippen molar-refractivity contribution in [1.29, 1.82) is 0 Å². The van der Waals surface area contributed by atoms with Gasteiger partial charge in [-0.1, -0.05) is 6.92 Å². The Morgan fingerprint density at radius 2 is 1.93 bits per heavy atom. The van der Waals surface area contributed by atoms with Crippen molar-refractivity contribution in [1.82, 2.24) is 4.90 Å². The summed E-state index contributed by atoms with van der Waals surface area (Å²) >= 11 is 1.74. The molecule has 1 unspecified atom stereocenters. The topological polar surface area (TPSA) is 37.4 Å². The highest BCUT2D eigenvalue weighted by atomic mass is 32.2. The van der Waals surface area contributed by atoms with Gasteiger partial charge in [-0.3, -0.25) is 4.79 Å². The number of nitrogens with zero attached hydrogens (tertiary/aromatic N) is 1. The molecule has 0 spiro atoms. The van der Waals surface area contributed by atoms with E-state index < -0.39 is 0 Å². The van der Waals surface area contributed by atoms with E-state index in [1.54, 1.807) is 16.7 Å². The Kier molecular flexibility index (Phi) is 7.48. The SMILES string of the molecule is CCC(CSC)N(C)C(=O)CCC(C)=O. The van der Waals surface area contributed by atoms with Gasteiger partial charge in [0.15, 0.2) is 0 Å². The van der Waals surface area contributed by atoms with Gasteiger partial charge < -0.3 is 9.69 Å². The molecule has 0 aliphatic carbocycles. The van der Waals surface area contributed by atoms with Crippen LogP contribution in [0.1, 0.15) is 33.1 Å². The summed E-state index contributed by atoms with van der Waals surface area (Å²) in [5, 5.41) is 0. The first-order valence-electron chi connectivity index (χ1n) is 5.26. The molecule has 0 saturated heterocycles. The highest BCUT2D eigenvalue weighted by Gasteiger charge is 2.17. The molecule has 0 aromatic rings. The molecule has 15 heavy (non-hydrogen) atoms. The van der Waals surface area contributed by atoms with E-state index in [2.05, 4.69) is 6.92 Å². The predicted molar refractivity (Wildman–Crippen MR) is 65.1 cm³/mol. The van der Waals surface area contributed by atoms with Gasteiger partial charge in [-0.15, -0.1) is 0 Å². The molecule has 0 radical (unpaired) electrons. The lowest BCUT2D eigenvalue weighted by Crippen LogP contribution is -2.38. The van der Waals surface area contributed by atoms with E-state index in [0.717, 1.165) is 12.2 Å². The summed E-state index contributed by atoms with van der Waals surface area (Å²) in [5.41, 5.74) is 0. The van der Waals surface area contributed by atoms with Crippen LogP contribution >= 0.6 is 11.8 Å². The molecule has 0 rings (SSSR count). The predicted octanol–water partition coefficient (Wildman–Crippen LogP) is 1.96. The molecule has 0 aliphatic heterocycles. The minimum Gasteiger partial charge on any atom is -0.342 e. The monoisotopic (exact) mass is 231 g/mol. The Morgan fingerprint density at radius 1 is 1.33 bits per heavy atom. The van der Waals surface area contributed by atoms with Crippen molar-refractivity contribution in [3.8, 4) is 0 Å². The number of ketones is 1. The van der Waals surface area contributed by atoms with Gasteiger partial charge in [0, 0.05) is 31.7 Å². The highest BCUT2D eigenvalue weighted by Crippen LogP contribution is 2.10. The fourth-order valence-corrected chi connectivity index (χ4v) is 2.20. The van der Waals surface area contributed by atoms with E-state index in [1.165, 1.54) is 6.92 Å². The fourth-order valence-electron chi connectivity index (χ4n) is 1.36. The summed E-state index contributed by atoms with van der Waals surface area (Å²) in [4.78, 5) is 24.2. The zero-order chi connectivity index (χ0) is 11.8. The van der Waals surface area contributed by atoms with Gasteiger partial charge in [0.05, 0.1) is 0 Å². The first-order chi connectivity index (χ1) is 7.02. The van der Waals surface area contributed by atoms with Crippen LogP contribution < -0.4 is 0 Å². The second-order valence-corrected chi connectivity index (χ2v) is 4.63. The van der Waals surface area contributed by atoms with E-state index in [0.29, 0.717) is 18.9 Å². The van der Waals surface area contributed by atoms with Crippen molar-refractivity contribution in [3.63, 3.8) is 0 Å². The number of hydrogen-bond donors (Lipinski definition) is 0. The summed E-state index contributed by atoms with van der Waals surface area (Å²) in [6.07, 6.45) is 3.70. The van der Waals surface area contributed by atoms with Crippen LogP contribution in [0.2, 0.25) is 0 Å². The number of amides is 1. The maximum Gasteiger partial charge on any atom is 0.223 e. The Hall–Kier alpha value is -0.510. The lowest BCUT2D eigenvalue weighted by molar-refractivity contribution is -0.133. The van der Waals surface area contributed by atoms with E-state index in [1.807, 2.05) is 13.3 Å². The third-order valence-corrected chi connectivity index (χ3v) is 3.18. The Labute approximate surface area is 96.6 Å². The van der Waals surface area contributed by atoms with Gasteiger partial charge in [-0.25, -0.2) is 0 Å². The van der Waals surface area contributed by atoms with Crippen molar-refractivity contribution in [2.45, 2.75) is 39.2 Å². The molecule has 0 saturated carbocycles. The normalized spacial score (nSPS) is 12.3. The minimum atomic E-state index is 0.0751. The molecular formula is C11H21NO2S. The van der Waals surface area contributed by atoms with E-state index in [4.69, 9.17) is 0 Å². The molecular weight excluding hydrogens is 210 g/mol. The Morgan fingerprint density at radius 3 is 2.33 bits per heavy atom. The van der Waals surface area contributed by atoms with Crippen molar-refractivity contribution in [2.24, 2.45) is 0 Å². The van der Waals surface area contributed by atoms with Crippen LogP contribution in [0.5, 0.6) is 0 Å². The third kappa shape index (κ3) is 5.82. The van der Waals surface area contributed by atoms with Crippen LogP contribution in [0.4, 0.5) is 0 Å². The summed E-state index contributed by atoms with van der Waals surface area (Å²) in [6.45, 7) is 3.60. The van der Waals surface area contributed by atoms with Gasteiger partial charge in [0.1, 0.15) is 5.78 Å². The summed E-state index contributed by atoms with van der Waals surface area (Å²) in [5.74, 6) is 1.11. The summed E-state index contributed by atoms with van der Waals surface area (Å²) in [6, 6.07) is 0.291. The second kappa shape index (κ2) is 7.74. The van der Waals surface area contributed by atoms with Crippen LogP contribution in [0, 0.1) is 0 Å². The van der Waals surface area contributed by atoms with Gasteiger partial charge in [-0.2, -0.15) is 11.8 Å². The van der Waals surface area contributed by atoms with Crippen molar-refractivity contribution in [3.05, 3.63) is 0 Å². The van der Waals surface area contributed by atoms with Crippen LogP contribution in [0.15, 0.2) is 0 Å². The standard InChI is InChI=1S/C11H21NO2S/c1-5-10(8-15-4)12(3)11(14)7-6-9(2)13/h10H,5-8H2,1-4H3. The lowest BCUT2D eigenvalue weighted by Gasteiger charge is -2.26. The zero-order valence-electron chi connectivity index (χ0n) is 10.1. The third-order valence-electron chi connectivity index (χ3n) is 2.46. The smallest absolute Gasteiger partial charge is 0.223 e.